The number of halogens is 1. The smallest absolute Gasteiger partial charge is 0.224 e. The highest BCUT2D eigenvalue weighted by atomic mass is 35.5. The summed E-state index contributed by atoms with van der Waals surface area (Å²) in [4.78, 5) is 11.8. The van der Waals surface area contributed by atoms with Crippen LogP contribution in [-0.2, 0) is 11.2 Å². The maximum atomic E-state index is 11.8. The van der Waals surface area contributed by atoms with E-state index >= 15 is 0 Å². The van der Waals surface area contributed by atoms with E-state index in [4.69, 9.17) is 16.7 Å². The number of benzene rings is 1. The average Bonchev–Trinajstić information content (AvgIpc) is 2.31. The zero-order chi connectivity index (χ0) is 12.7. The van der Waals surface area contributed by atoms with E-state index in [9.17, 15) is 4.79 Å². The third-order valence-electron chi connectivity index (χ3n) is 2.64. The minimum absolute atomic E-state index is 0.0370. The molecule has 1 atom stereocenters. The fraction of sp³-hybridized carbons (Fsp3) is 0.462. The molecule has 0 spiro atoms. The first kappa shape index (κ1) is 14.0. The van der Waals surface area contributed by atoms with Crippen molar-refractivity contribution >= 4 is 17.5 Å². The van der Waals surface area contributed by atoms with E-state index in [1.807, 2.05) is 25.1 Å². The lowest BCUT2D eigenvalue weighted by Crippen LogP contribution is -2.36. The number of hydrogen-bond acceptors (Lipinski definition) is 2. The highest BCUT2D eigenvalue weighted by molar-refractivity contribution is 6.31. The van der Waals surface area contributed by atoms with Crippen molar-refractivity contribution < 1.29 is 9.90 Å². The quantitative estimate of drug-likeness (QED) is 0.819. The van der Waals surface area contributed by atoms with Gasteiger partial charge < -0.3 is 10.4 Å². The third-order valence-corrected chi connectivity index (χ3v) is 3.01. The Bertz CT molecular complexity index is 368. The van der Waals surface area contributed by atoms with Crippen molar-refractivity contribution in [1.82, 2.24) is 5.32 Å². The minimum Gasteiger partial charge on any atom is -0.396 e. The third kappa shape index (κ3) is 4.75. The summed E-state index contributed by atoms with van der Waals surface area (Å²) in [5.41, 5.74) is 0.825. The molecule has 2 N–H and O–H groups in total. The number of rotatable bonds is 6. The predicted octanol–water partition coefficient (Wildman–Crippen LogP) is 2.16. The molecule has 0 bridgehead atoms. The van der Waals surface area contributed by atoms with Gasteiger partial charge in [0.1, 0.15) is 0 Å². The molecule has 1 amide bonds. The molecule has 1 unspecified atom stereocenters. The number of carbonyl (C=O) groups excluding carboxylic acids is 1. The fourth-order valence-corrected chi connectivity index (χ4v) is 1.83. The summed E-state index contributed by atoms with van der Waals surface area (Å²) < 4.78 is 0. The Hall–Kier alpha value is -1.06. The highest BCUT2D eigenvalue weighted by Gasteiger charge is 2.11. The summed E-state index contributed by atoms with van der Waals surface area (Å²) in [7, 11) is 0. The topological polar surface area (TPSA) is 49.3 Å². The first-order valence-electron chi connectivity index (χ1n) is 5.81. The van der Waals surface area contributed by atoms with Gasteiger partial charge in [0.15, 0.2) is 0 Å². The number of hydrogen-bond donors (Lipinski definition) is 2. The van der Waals surface area contributed by atoms with Gasteiger partial charge in [-0.3, -0.25) is 4.79 Å². The summed E-state index contributed by atoms with van der Waals surface area (Å²) in [5, 5.41) is 12.3. The van der Waals surface area contributed by atoms with Crippen molar-refractivity contribution in [3.8, 4) is 0 Å². The Morgan fingerprint density at radius 2 is 2.18 bits per heavy atom. The molecule has 0 aliphatic rings. The van der Waals surface area contributed by atoms with E-state index in [0.29, 0.717) is 11.4 Å². The Balaban J connectivity index is 2.52. The number of nitrogens with one attached hydrogen (secondary N) is 1. The van der Waals surface area contributed by atoms with Crippen LogP contribution in [0.25, 0.3) is 0 Å². The lowest BCUT2D eigenvalue weighted by atomic mass is 10.1. The van der Waals surface area contributed by atoms with Gasteiger partial charge in [-0.05, 0) is 24.5 Å². The Morgan fingerprint density at radius 1 is 1.47 bits per heavy atom. The molecular weight excluding hydrogens is 238 g/mol. The van der Waals surface area contributed by atoms with Crippen LogP contribution in [0, 0.1) is 0 Å². The molecule has 1 aromatic carbocycles. The van der Waals surface area contributed by atoms with Crippen LogP contribution >= 0.6 is 11.6 Å². The van der Waals surface area contributed by atoms with Gasteiger partial charge in [-0.15, -0.1) is 0 Å². The van der Waals surface area contributed by atoms with Crippen LogP contribution in [0.15, 0.2) is 24.3 Å². The highest BCUT2D eigenvalue weighted by Crippen LogP contribution is 2.15. The van der Waals surface area contributed by atoms with Crippen molar-refractivity contribution in [2.75, 3.05) is 6.61 Å². The molecule has 0 aliphatic carbocycles. The molecule has 17 heavy (non-hydrogen) atoms. The van der Waals surface area contributed by atoms with E-state index in [-0.39, 0.29) is 25.0 Å². The van der Waals surface area contributed by atoms with Gasteiger partial charge in [0.25, 0.3) is 0 Å². The minimum atomic E-state index is -0.0570. The molecule has 0 fully saturated rings. The molecule has 0 aliphatic heterocycles. The zero-order valence-corrected chi connectivity index (χ0v) is 10.7. The molecule has 0 heterocycles. The lowest BCUT2D eigenvalue weighted by Gasteiger charge is -2.15. The van der Waals surface area contributed by atoms with E-state index in [1.165, 1.54) is 0 Å². The van der Waals surface area contributed by atoms with Crippen LogP contribution < -0.4 is 5.32 Å². The van der Waals surface area contributed by atoms with Crippen LogP contribution in [0.3, 0.4) is 0 Å². The van der Waals surface area contributed by atoms with E-state index in [1.54, 1.807) is 6.07 Å². The first-order valence-corrected chi connectivity index (χ1v) is 6.18. The second-order valence-electron chi connectivity index (χ2n) is 3.95. The molecule has 4 heteroatoms. The molecule has 0 saturated carbocycles. The van der Waals surface area contributed by atoms with Crippen molar-refractivity contribution in [3.63, 3.8) is 0 Å². The molecule has 1 aromatic rings. The van der Waals surface area contributed by atoms with Crippen molar-refractivity contribution in [2.24, 2.45) is 0 Å². The Labute approximate surface area is 107 Å². The molecule has 0 saturated heterocycles. The maximum absolute atomic E-state index is 11.8. The molecule has 0 aromatic heterocycles. The van der Waals surface area contributed by atoms with Gasteiger partial charge in [-0.1, -0.05) is 36.7 Å². The van der Waals surface area contributed by atoms with Gasteiger partial charge in [-0.25, -0.2) is 0 Å². The van der Waals surface area contributed by atoms with Crippen molar-refractivity contribution in [1.29, 1.82) is 0 Å². The van der Waals surface area contributed by atoms with E-state index < -0.39 is 0 Å². The molecule has 1 rings (SSSR count). The average molecular weight is 256 g/mol. The van der Waals surface area contributed by atoms with Crippen LogP contribution in [-0.4, -0.2) is 23.7 Å². The lowest BCUT2D eigenvalue weighted by molar-refractivity contribution is -0.121. The maximum Gasteiger partial charge on any atom is 0.224 e. The van der Waals surface area contributed by atoms with Crippen molar-refractivity contribution in [2.45, 2.75) is 32.2 Å². The summed E-state index contributed by atoms with van der Waals surface area (Å²) in [5.74, 6) is -0.0570. The standard InChI is InChI=1S/C13H18ClNO2/c1-2-11(7-8-16)15-13(17)9-10-5-3-4-6-12(10)14/h3-6,11,16H,2,7-9H2,1H3,(H,15,17). The predicted molar refractivity (Wildman–Crippen MR) is 69.1 cm³/mol. The Morgan fingerprint density at radius 3 is 2.76 bits per heavy atom. The molecule has 94 valence electrons. The monoisotopic (exact) mass is 255 g/mol. The van der Waals surface area contributed by atoms with Gasteiger partial charge >= 0.3 is 0 Å². The second kappa shape index (κ2) is 7.30. The van der Waals surface area contributed by atoms with E-state index in [0.717, 1.165) is 12.0 Å². The Kier molecular flexibility index (Phi) is 6.01. The van der Waals surface area contributed by atoms with Gasteiger partial charge in [0, 0.05) is 17.7 Å². The van der Waals surface area contributed by atoms with Crippen LogP contribution in [0.4, 0.5) is 0 Å². The molecule has 3 nitrogen and oxygen atoms in total. The van der Waals surface area contributed by atoms with Crippen LogP contribution in [0.5, 0.6) is 0 Å². The summed E-state index contributed by atoms with van der Waals surface area (Å²) in [6.07, 6.45) is 1.68. The van der Waals surface area contributed by atoms with Gasteiger partial charge in [0.05, 0.1) is 6.42 Å². The SMILES string of the molecule is CCC(CCO)NC(=O)Cc1ccccc1Cl. The number of aliphatic hydroxyl groups is 1. The summed E-state index contributed by atoms with van der Waals surface area (Å²) >= 11 is 5.98. The van der Waals surface area contributed by atoms with E-state index in [2.05, 4.69) is 5.32 Å². The number of aliphatic hydroxyl groups excluding tert-OH is 1. The van der Waals surface area contributed by atoms with Crippen molar-refractivity contribution in [3.05, 3.63) is 34.9 Å². The first-order chi connectivity index (χ1) is 8.17. The number of carbonyl (C=O) groups is 1. The van der Waals surface area contributed by atoms with Crippen LogP contribution in [0.2, 0.25) is 5.02 Å². The normalized spacial score (nSPS) is 12.2. The summed E-state index contributed by atoms with van der Waals surface area (Å²) in [6.45, 7) is 2.07. The van der Waals surface area contributed by atoms with Gasteiger partial charge in [-0.2, -0.15) is 0 Å². The molecular formula is C13H18ClNO2. The second-order valence-corrected chi connectivity index (χ2v) is 4.36. The number of amides is 1. The van der Waals surface area contributed by atoms with Crippen LogP contribution in [0.1, 0.15) is 25.3 Å². The van der Waals surface area contributed by atoms with Gasteiger partial charge in [0.2, 0.25) is 5.91 Å². The fourth-order valence-electron chi connectivity index (χ4n) is 1.63. The molecule has 0 radical (unpaired) electrons. The largest absolute Gasteiger partial charge is 0.396 e. The zero-order valence-electron chi connectivity index (χ0n) is 9.95. The summed E-state index contributed by atoms with van der Waals surface area (Å²) in [6, 6.07) is 7.35.